The SMILES string of the molecule is CC(=O)N1CCN2CC3=CC=CC3c3cccc(c32)C1. The van der Waals surface area contributed by atoms with Crippen molar-refractivity contribution in [2.45, 2.75) is 19.4 Å². The third-order valence-corrected chi connectivity index (χ3v) is 4.64. The van der Waals surface area contributed by atoms with E-state index in [2.05, 4.69) is 41.3 Å². The highest BCUT2D eigenvalue weighted by atomic mass is 16.2. The van der Waals surface area contributed by atoms with Gasteiger partial charge in [-0.1, -0.05) is 36.4 Å². The molecule has 0 aromatic heterocycles. The first kappa shape index (κ1) is 11.8. The number of carbonyl (C=O) groups is 1. The zero-order valence-electron chi connectivity index (χ0n) is 11.7. The molecule has 2 aliphatic heterocycles. The molecule has 0 spiro atoms. The molecular formula is C17H18N2O. The first-order chi connectivity index (χ1) is 9.74. The summed E-state index contributed by atoms with van der Waals surface area (Å²) in [6.07, 6.45) is 6.71. The quantitative estimate of drug-likeness (QED) is 0.720. The smallest absolute Gasteiger partial charge is 0.219 e. The van der Waals surface area contributed by atoms with Gasteiger partial charge in [0, 0.05) is 44.7 Å². The molecule has 1 amide bonds. The molecule has 1 atom stereocenters. The lowest BCUT2D eigenvalue weighted by atomic mass is 9.86. The summed E-state index contributed by atoms with van der Waals surface area (Å²) in [6, 6.07) is 6.54. The predicted molar refractivity (Wildman–Crippen MR) is 79.7 cm³/mol. The zero-order valence-corrected chi connectivity index (χ0v) is 11.7. The third kappa shape index (κ3) is 1.62. The average molecular weight is 266 g/mol. The van der Waals surface area contributed by atoms with E-state index in [4.69, 9.17) is 0 Å². The molecule has 0 saturated heterocycles. The zero-order chi connectivity index (χ0) is 13.7. The largest absolute Gasteiger partial charge is 0.365 e. The lowest BCUT2D eigenvalue weighted by Gasteiger charge is -2.35. The van der Waals surface area contributed by atoms with Gasteiger partial charge in [0.25, 0.3) is 0 Å². The number of amides is 1. The van der Waals surface area contributed by atoms with Crippen LogP contribution in [0.2, 0.25) is 0 Å². The normalized spacial score (nSPS) is 23.1. The first-order valence-corrected chi connectivity index (χ1v) is 7.23. The number of anilines is 1. The molecule has 1 aliphatic carbocycles. The van der Waals surface area contributed by atoms with Crippen LogP contribution < -0.4 is 4.90 Å². The second kappa shape index (κ2) is 4.23. The van der Waals surface area contributed by atoms with Gasteiger partial charge in [-0.15, -0.1) is 0 Å². The molecule has 3 heteroatoms. The van der Waals surface area contributed by atoms with Gasteiger partial charge in [-0.3, -0.25) is 4.79 Å². The standard InChI is InChI=1S/C17H18N2O/c1-12(20)18-8-9-19-10-13-4-2-6-15(13)16-7-3-5-14(11-18)17(16)19/h2-7,15H,8-11H2,1H3. The fourth-order valence-corrected chi connectivity index (χ4v) is 3.63. The molecular weight excluding hydrogens is 248 g/mol. The van der Waals surface area contributed by atoms with Gasteiger partial charge < -0.3 is 9.80 Å². The van der Waals surface area contributed by atoms with Crippen LogP contribution in [0.15, 0.2) is 42.0 Å². The minimum Gasteiger partial charge on any atom is -0.365 e. The van der Waals surface area contributed by atoms with Gasteiger partial charge in [0.2, 0.25) is 5.91 Å². The van der Waals surface area contributed by atoms with E-state index in [1.807, 2.05) is 4.90 Å². The van der Waals surface area contributed by atoms with Crippen molar-refractivity contribution < 1.29 is 4.79 Å². The maximum absolute atomic E-state index is 11.7. The second-order valence-electron chi connectivity index (χ2n) is 5.82. The van der Waals surface area contributed by atoms with Crippen molar-refractivity contribution in [2.75, 3.05) is 24.5 Å². The molecule has 102 valence electrons. The maximum Gasteiger partial charge on any atom is 0.219 e. The van der Waals surface area contributed by atoms with Crippen LogP contribution in [0.4, 0.5) is 5.69 Å². The van der Waals surface area contributed by atoms with Crippen LogP contribution in [0.1, 0.15) is 24.0 Å². The van der Waals surface area contributed by atoms with Crippen LogP contribution in [-0.2, 0) is 11.3 Å². The van der Waals surface area contributed by atoms with Crippen LogP contribution in [0.5, 0.6) is 0 Å². The molecule has 0 saturated carbocycles. The fraction of sp³-hybridized carbons (Fsp3) is 0.353. The van der Waals surface area contributed by atoms with Gasteiger partial charge in [-0.2, -0.15) is 0 Å². The summed E-state index contributed by atoms with van der Waals surface area (Å²) in [5, 5.41) is 0. The number of allylic oxidation sites excluding steroid dienone is 3. The number of hydrogen-bond donors (Lipinski definition) is 0. The number of rotatable bonds is 0. The second-order valence-corrected chi connectivity index (χ2v) is 5.82. The summed E-state index contributed by atoms with van der Waals surface area (Å²) in [7, 11) is 0. The van der Waals surface area contributed by atoms with Gasteiger partial charge in [0.15, 0.2) is 0 Å². The van der Waals surface area contributed by atoms with E-state index in [0.717, 1.165) is 26.2 Å². The van der Waals surface area contributed by atoms with Crippen molar-refractivity contribution in [2.24, 2.45) is 0 Å². The predicted octanol–water partition coefficient (Wildman–Crippen LogP) is 2.45. The summed E-state index contributed by atoms with van der Waals surface area (Å²) >= 11 is 0. The van der Waals surface area contributed by atoms with E-state index in [9.17, 15) is 4.79 Å². The molecule has 0 N–H and O–H groups in total. The summed E-state index contributed by atoms with van der Waals surface area (Å²) < 4.78 is 0. The van der Waals surface area contributed by atoms with E-state index in [-0.39, 0.29) is 5.91 Å². The van der Waals surface area contributed by atoms with Crippen LogP contribution in [0.25, 0.3) is 0 Å². The Morgan fingerprint density at radius 1 is 1.25 bits per heavy atom. The van der Waals surface area contributed by atoms with Crippen LogP contribution in [-0.4, -0.2) is 30.4 Å². The lowest BCUT2D eigenvalue weighted by Crippen LogP contribution is -2.37. The molecule has 2 heterocycles. The first-order valence-electron chi connectivity index (χ1n) is 7.23. The summed E-state index contributed by atoms with van der Waals surface area (Å²) in [5.74, 6) is 0.617. The minimum atomic E-state index is 0.168. The van der Waals surface area contributed by atoms with Crippen molar-refractivity contribution in [1.29, 1.82) is 0 Å². The van der Waals surface area contributed by atoms with Crippen molar-refractivity contribution in [1.82, 2.24) is 4.90 Å². The van der Waals surface area contributed by atoms with Crippen LogP contribution >= 0.6 is 0 Å². The minimum absolute atomic E-state index is 0.168. The molecule has 3 nitrogen and oxygen atoms in total. The van der Waals surface area contributed by atoms with Crippen LogP contribution in [0, 0.1) is 0 Å². The Bertz CT molecular complexity index is 644. The van der Waals surface area contributed by atoms with E-state index < -0.39 is 0 Å². The van der Waals surface area contributed by atoms with Gasteiger partial charge in [0.05, 0.1) is 0 Å². The van der Waals surface area contributed by atoms with E-state index in [1.54, 1.807) is 6.92 Å². The Labute approximate surface area is 119 Å². The molecule has 0 radical (unpaired) electrons. The van der Waals surface area contributed by atoms with Gasteiger partial charge in [-0.05, 0) is 16.7 Å². The Morgan fingerprint density at radius 3 is 3.00 bits per heavy atom. The maximum atomic E-state index is 11.7. The van der Waals surface area contributed by atoms with Gasteiger partial charge >= 0.3 is 0 Å². The Balaban J connectivity index is 1.85. The molecule has 1 aromatic carbocycles. The molecule has 4 rings (SSSR count). The third-order valence-electron chi connectivity index (χ3n) is 4.64. The van der Waals surface area contributed by atoms with Gasteiger partial charge in [0.1, 0.15) is 0 Å². The molecule has 0 fully saturated rings. The van der Waals surface area contributed by atoms with Crippen LogP contribution in [0.3, 0.4) is 0 Å². The lowest BCUT2D eigenvalue weighted by molar-refractivity contribution is -0.129. The Kier molecular flexibility index (Phi) is 2.49. The summed E-state index contributed by atoms with van der Waals surface area (Å²) in [4.78, 5) is 16.1. The summed E-state index contributed by atoms with van der Waals surface area (Å²) in [6.45, 7) is 5.14. The monoisotopic (exact) mass is 266 g/mol. The summed E-state index contributed by atoms with van der Waals surface area (Å²) in [5.41, 5.74) is 5.53. The van der Waals surface area contributed by atoms with Crippen molar-refractivity contribution in [3.05, 3.63) is 53.1 Å². The molecule has 1 aromatic rings. The van der Waals surface area contributed by atoms with E-state index >= 15 is 0 Å². The number of fused-ring (bicyclic) bond motifs is 2. The van der Waals surface area contributed by atoms with E-state index in [0.29, 0.717) is 5.92 Å². The molecule has 0 bridgehead atoms. The fourth-order valence-electron chi connectivity index (χ4n) is 3.63. The molecule has 3 aliphatic rings. The average Bonchev–Trinajstić information content (AvgIpc) is 2.82. The molecule has 1 unspecified atom stereocenters. The van der Waals surface area contributed by atoms with E-state index in [1.165, 1.54) is 22.4 Å². The highest BCUT2D eigenvalue weighted by molar-refractivity contribution is 5.75. The topological polar surface area (TPSA) is 23.6 Å². The highest BCUT2D eigenvalue weighted by Crippen LogP contribution is 2.44. The Hall–Kier alpha value is -2.03. The number of benzene rings is 1. The number of nitrogens with zero attached hydrogens (tertiary/aromatic N) is 2. The number of hydrogen-bond acceptors (Lipinski definition) is 2. The Morgan fingerprint density at radius 2 is 2.15 bits per heavy atom. The number of carbonyl (C=O) groups excluding carboxylic acids is 1. The van der Waals surface area contributed by atoms with Crippen molar-refractivity contribution >= 4 is 11.6 Å². The molecule has 20 heavy (non-hydrogen) atoms. The highest BCUT2D eigenvalue weighted by Gasteiger charge is 2.32. The van der Waals surface area contributed by atoms with Crippen molar-refractivity contribution in [3.63, 3.8) is 0 Å². The number of para-hydroxylation sites is 1. The van der Waals surface area contributed by atoms with Crippen molar-refractivity contribution in [3.8, 4) is 0 Å². The van der Waals surface area contributed by atoms with Gasteiger partial charge in [-0.25, -0.2) is 0 Å².